The standard InChI is InChI=1S/C12H14ClFO2/c1-12(2,16-3)11(15)6-8-4-5-9(14)7-10(8)13/h4-5,7H,6H2,1-3H3. The van der Waals surface area contributed by atoms with E-state index in [9.17, 15) is 9.18 Å². The van der Waals surface area contributed by atoms with Crippen LogP contribution in [0.4, 0.5) is 4.39 Å². The average molecular weight is 245 g/mol. The van der Waals surface area contributed by atoms with Gasteiger partial charge >= 0.3 is 0 Å². The van der Waals surface area contributed by atoms with E-state index in [-0.39, 0.29) is 17.2 Å². The molecule has 16 heavy (non-hydrogen) atoms. The minimum atomic E-state index is -0.849. The van der Waals surface area contributed by atoms with E-state index in [1.165, 1.54) is 25.3 Å². The van der Waals surface area contributed by atoms with E-state index < -0.39 is 11.4 Å². The van der Waals surface area contributed by atoms with Crippen molar-refractivity contribution in [3.8, 4) is 0 Å². The lowest BCUT2D eigenvalue weighted by atomic mass is 9.97. The van der Waals surface area contributed by atoms with Crippen LogP contribution in [0.15, 0.2) is 18.2 Å². The van der Waals surface area contributed by atoms with Crippen molar-refractivity contribution in [3.63, 3.8) is 0 Å². The Kier molecular flexibility index (Phi) is 4.05. The second-order valence-corrected chi connectivity index (χ2v) is 4.46. The van der Waals surface area contributed by atoms with E-state index in [4.69, 9.17) is 16.3 Å². The number of carbonyl (C=O) groups excluding carboxylic acids is 1. The molecule has 0 spiro atoms. The molecule has 0 unspecified atom stereocenters. The van der Waals surface area contributed by atoms with Crippen molar-refractivity contribution >= 4 is 17.4 Å². The molecule has 0 fully saturated rings. The maximum Gasteiger partial charge on any atom is 0.168 e. The first-order valence-electron chi connectivity index (χ1n) is 4.89. The molecule has 0 bridgehead atoms. The van der Waals surface area contributed by atoms with Gasteiger partial charge in [-0.05, 0) is 31.5 Å². The first-order valence-corrected chi connectivity index (χ1v) is 5.27. The Morgan fingerprint density at radius 1 is 1.50 bits per heavy atom. The summed E-state index contributed by atoms with van der Waals surface area (Å²) in [7, 11) is 1.48. The number of methoxy groups -OCH3 is 1. The van der Waals surface area contributed by atoms with E-state index in [1.54, 1.807) is 13.8 Å². The summed E-state index contributed by atoms with van der Waals surface area (Å²) in [6, 6.07) is 4.00. The fourth-order valence-electron chi connectivity index (χ4n) is 1.16. The summed E-state index contributed by atoms with van der Waals surface area (Å²) in [5, 5.41) is 0.264. The molecular formula is C12H14ClFO2. The molecule has 0 radical (unpaired) electrons. The van der Waals surface area contributed by atoms with Gasteiger partial charge in [0.1, 0.15) is 11.4 Å². The highest BCUT2D eigenvalue weighted by molar-refractivity contribution is 6.31. The zero-order valence-electron chi connectivity index (χ0n) is 9.51. The number of rotatable bonds is 4. The molecule has 0 aromatic heterocycles. The maximum atomic E-state index is 12.8. The summed E-state index contributed by atoms with van der Waals surface area (Å²) in [5.74, 6) is -0.504. The van der Waals surface area contributed by atoms with Crippen LogP contribution in [0.3, 0.4) is 0 Å². The molecule has 2 nitrogen and oxygen atoms in total. The number of ether oxygens (including phenoxy) is 1. The molecule has 88 valence electrons. The van der Waals surface area contributed by atoms with Crippen LogP contribution in [-0.2, 0) is 16.0 Å². The molecule has 1 rings (SSSR count). The van der Waals surface area contributed by atoms with Crippen molar-refractivity contribution in [1.29, 1.82) is 0 Å². The molecule has 0 amide bonds. The number of benzene rings is 1. The van der Waals surface area contributed by atoms with E-state index in [0.29, 0.717) is 5.56 Å². The fourth-order valence-corrected chi connectivity index (χ4v) is 1.40. The minimum Gasteiger partial charge on any atom is -0.371 e. The lowest BCUT2D eigenvalue weighted by molar-refractivity contribution is -0.136. The highest BCUT2D eigenvalue weighted by Crippen LogP contribution is 2.20. The van der Waals surface area contributed by atoms with Gasteiger partial charge in [0.15, 0.2) is 5.78 Å². The summed E-state index contributed by atoms with van der Waals surface area (Å²) >= 11 is 5.83. The van der Waals surface area contributed by atoms with Gasteiger partial charge in [0.2, 0.25) is 0 Å². The lowest BCUT2D eigenvalue weighted by Gasteiger charge is -2.21. The SMILES string of the molecule is COC(C)(C)C(=O)Cc1ccc(F)cc1Cl. The monoisotopic (exact) mass is 244 g/mol. The van der Waals surface area contributed by atoms with Crippen LogP contribution in [0.25, 0.3) is 0 Å². The van der Waals surface area contributed by atoms with Gasteiger partial charge in [0.05, 0.1) is 0 Å². The predicted molar refractivity (Wildman–Crippen MR) is 61.2 cm³/mol. The van der Waals surface area contributed by atoms with Crippen molar-refractivity contribution in [2.75, 3.05) is 7.11 Å². The number of halogens is 2. The van der Waals surface area contributed by atoms with Gasteiger partial charge < -0.3 is 4.74 Å². The Morgan fingerprint density at radius 2 is 2.12 bits per heavy atom. The molecule has 0 saturated heterocycles. The van der Waals surface area contributed by atoms with Crippen molar-refractivity contribution in [1.82, 2.24) is 0 Å². The van der Waals surface area contributed by atoms with E-state index in [1.807, 2.05) is 0 Å². The molecule has 4 heteroatoms. The van der Waals surface area contributed by atoms with Crippen LogP contribution in [0, 0.1) is 5.82 Å². The molecule has 0 N–H and O–H groups in total. The third kappa shape index (κ3) is 3.03. The third-order valence-electron chi connectivity index (χ3n) is 2.55. The quantitative estimate of drug-likeness (QED) is 0.814. The number of carbonyl (C=O) groups is 1. The van der Waals surface area contributed by atoms with Gasteiger partial charge in [0, 0.05) is 18.6 Å². The Labute approximate surface area is 99.4 Å². The average Bonchev–Trinajstić information content (AvgIpc) is 2.22. The molecular weight excluding hydrogens is 231 g/mol. The second-order valence-electron chi connectivity index (χ2n) is 4.05. The molecule has 1 aromatic carbocycles. The van der Waals surface area contributed by atoms with Gasteiger partial charge in [-0.25, -0.2) is 4.39 Å². The molecule has 0 aliphatic heterocycles. The van der Waals surface area contributed by atoms with Crippen molar-refractivity contribution in [2.45, 2.75) is 25.9 Å². The van der Waals surface area contributed by atoms with Crippen LogP contribution in [0.1, 0.15) is 19.4 Å². The van der Waals surface area contributed by atoms with Crippen molar-refractivity contribution < 1.29 is 13.9 Å². The highest BCUT2D eigenvalue weighted by atomic mass is 35.5. The molecule has 0 atom stereocenters. The predicted octanol–water partition coefficient (Wildman–Crippen LogP) is 3.02. The summed E-state index contributed by atoms with van der Waals surface area (Å²) < 4.78 is 17.9. The lowest BCUT2D eigenvalue weighted by Crippen LogP contribution is -2.35. The Morgan fingerprint density at radius 3 is 2.62 bits per heavy atom. The number of Topliss-reactive ketones (excluding diaryl/α,β-unsaturated/α-hetero) is 1. The summed E-state index contributed by atoms with van der Waals surface area (Å²) in [6.45, 7) is 3.37. The number of hydrogen-bond acceptors (Lipinski definition) is 2. The fraction of sp³-hybridized carbons (Fsp3) is 0.417. The zero-order valence-corrected chi connectivity index (χ0v) is 10.3. The zero-order chi connectivity index (χ0) is 12.3. The highest BCUT2D eigenvalue weighted by Gasteiger charge is 2.27. The van der Waals surface area contributed by atoms with Gasteiger partial charge in [-0.3, -0.25) is 4.79 Å². The topological polar surface area (TPSA) is 26.3 Å². The van der Waals surface area contributed by atoms with Gasteiger partial charge in [-0.1, -0.05) is 17.7 Å². The van der Waals surface area contributed by atoms with Crippen molar-refractivity contribution in [3.05, 3.63) is 34.6 Å². The first-order chi connectivity index (χ1) is 7.36. The van der Waals surface area contributed by atoms with Crippen LogP contribution in [0.2, 0.25) is 5.02 Å². The van der Waals surface area contributed by atoms with Crippen LogP contribution >= 0.6 is 11.6 Å². The van der Waals surface area contributed by atoms with Gasteiger partial charge in [-0.15, -0.1) is 0 Å². The Balaban J connectivity index is 2.85. The molecule has 0 saturated carbocycles. The molecule has 1 aromatic rings. The van der Waals surface area contributed by atoms with Gasteiger partial charge in [-0.2, -0.15) is 0 Å². The van der Waals surface area contributed by atoms with Crippen molar-refractivity contribution in [2.24, 2.45) is 0 Å². The summed E-state index contributed by atoms with van der Waals surface area (Å²) in [5.41, 5.74) is -0.240. The first kappa shape index (κ1) is 13.1. The smallest absolute Gasteiger partial charge is 0.168 e. The molecule has 0 aliphatic rings. The minimum absolute atomic E-state index is 0.0940. The Hall–Kier alpha value is -0.930. The second kappa shape index (κ2) is 4.93. The van der Waals surface area contributed by atoms with E-state index >= 15 is 0 Å². The van der Waals surface area contributed by atoms with Gasteiger partial charge in [0.25, 0.3) is 0 Å². The van der Waals surface area contributed by atoms with Crippen LogP contribution in [0.5, 0.6) is 0 Å². The summed E-state index contributed by atoms with van der Waals surface area (Å²) in [4.78, 5) is 11.8. The maximum absolute atomic E-state index is 12.8. The van der Waals surface area contributed by atoms with Crippen LogP contribution < -0.4 is 0 Å². The summed E-state index contributed by atoms with van der Waals surface area (Å²) in [6.07, 6.45) is 0.139. The largest absolute Gasteiger partial charge is 0.371 e. The third-order valence-corrected chi connectivity index (χ3v) is 2.90. The van der Waals surface area contributed by atoms with E-state index in [2.05, 4.69) is 0 Å². The number of hydrogen-bond donors (Lipinski definition) is 0. The Bertz CT molecular complexity index is 402. The normalized spacial score (nSPS) is 11.6. The molecule has 0 aliphatic carbocycles. The molecule has 0 heterocycles. The number of ketones is 1. The van der Waals surface area contributed by atoms with Crippen LogP contribution in [-0.4, -0.2) is 18.5 Å². The van der Waals surface area contributed by atoms with E-state index in [0.717, 1.165) is 0 Å².